The van der Waals surface area contributed by atoms with Gasteiger partial charge in [-0.2, -0.15) is 0 Å². The Morgan fingerprint density at radius 2 is 2.27 bits per heavy atom. The number of hydrogen-bond acceptors (Lipinski definition) is 4. The second kappa shape index (κ2) is 3.76. The molecule has 1 aromatic heterocycles. The Morgan fingerprint density at radius 1 is 1.60 bits per heavy atom. The summed E-state index contributed by atoms with van der Waals surface area (Å²) in [5, 5.41) is 3.27. The van der Waals surface area contributed by atoms with Crippen molar-refractivity contribution in [1.29, 1.82) is 0 Å². The highest BCUT2D eigenvalue weighted by atomic mass is 32.1. The molecule has 2 rings (SSSR count). The van der Waals surface area contributed by atoms with Gasteiger partial charge in [0.2, 0.25) is 0 Å². The molecule has 0 unspecified atom stereocenters. The molecule has 15 heavy (non-hydrogen) atoms. The largest absolute Gasteiger partial charge is 0.344 e. The predicted molar refractivity (Wildman–Crippen MR) is 65.5 cm³/mol. The minimum atomic E-state index is -0.00194. The molecule has 1 saturated heterocycles. The van der Waals surface area contributed by atoms with Crippen LogP contribution in [-0.2, 0) is 6.42 Å². The Bertz CT molecular complexity index is 339. The van der Waals surface area contributed by atoms with Crippen molar-refractivity contribution in [1.82, 2.24) is 4.98 Å². The molecule has 0 saturated carbocycles. The molecule has 1 aliphatic rings. The summed E-state index contributed by atoms with van der Waals surface area (Å²) in [7, 11) is 0. The molecule has 2 heterocycles. The van der Waals surface area contributed by atoms with E-state index < -0.39 is 0 Å². The van der Waals surface area contributed by atoms with E-state index in [2.05, 4.69) is 36.0 Å². The number of aryl methyl sites for hydroxylation is 1. The van der Waals surface area contributed by atoms with Crippen molar-refractivity contribution in [3.05, 3.63) is 11.1 Å². The summed E-state index contributed by atoms with van der Waals surface area (Å²) in [5.41, 5.74) is 7.43. The molecular formula is C11H19N3S. The predicted octanol–water partition coefficient (Wildman–Crippen LogP) is 1.88. The van der Waals surface area contributed by atoms with Crippen LogP contribution in [-0.4, -0.2) is 23.6 Å². The van der Waals surface area contributed by atoms with Crippen molar-refractivity contribution in [3.63, 3.8) is 0 Å². The maximum absolute atomic E-state index is 6.25. The van der Waals surface area contributed by atoms with Crippen LogP contribution in [0.4, 0.5) is 5.13 Å². The van der Waals surface area contributed by atoms with E-state index >= 15 is 0 Å². The summed E-state index contributed by atoms with van der Waals surface area (Å²) in [6, 6.07) is 0. The van der Waals surface area contributed by atoms with Crippen LogP contribution < -0.4 is 10.6 Å². The number of nitrogens with two attached hydrogens (primary N) is 1. The zero-order chi connectivity index (χ0) is 11.1. The fraction of sp³-hybridized carbons (Fsp3) is 0.727. The normalized spacial score (nSPS) is 19.4. The third-order valence-electron chi connectivity index (χ3n) is 3.29. The molecule has 1 aromatic rings. The first kappa shape index (κ1) is 10.9. The lowest BCUT2D eigenvalue weighted by Crippen LogP contribution is -2.70. The van der Waals surface area contributed by atoms with Gasteiger partial charge in [-0.15, -0.1) is 11.3 Å². The fourth-order valence-corrected chi connectivity index (χ4v) is 2.68. The monoisotopic (exact) mass is 225 g/mol. The van der Waals surface area contributed by atoms with Crippen molar-refractivity contribution in [3.8, 4) is 0 Å². The zero-order valence-corrected chi connectivity index (χ0v) is 10.5. The third-order valence-corrected chi connectivity index (χ3v) is 4.24. The van der Waals surface area contributed by atoms with Crippen molar-refractivity contribution >= 4 is 16.5 Å². The van der Waals surface area contributed by atoms with Gasteiger partial charge in [0.15, 0.2) is 5.13 Å². The van der Waals surface area contributed by atoms with Crippen molar-refractivity contribution < 1.29 is 0 Å². The topological polar surface area (TPSA) is 42.1 Å². The van der Waals surface area contributed by atoms with E-state index in [1.165, 1.54) is 5.69 Å². The number of rotatable bonds is 3. The highest BCUT2D eigenvalue weighted by Crippen LogP contribution is 2.32. The van der Waals surface area contributed by atoms with Crippen LogP contribution in [0.5, 0.6) is 0 Å². The number of thiazole rings is 1. The molecule has 0 atom stereocenters. The first-order chi connectivity index (χ1) is 7.05. The first-order valence-corrected chi connectivity index (χ1v) is 6.41. The summed E-state index contributed by atoms with van der Waals surface area (Å²) in [5.74, 6) is 0.541. The van der Waals surface area contributed by atoms with Crippen LogP contribution in [0.15, 0.2) is 5.38 Å². The van der Waals surface area contributed by atoms with Gasteiger partial charge in [0.05, 0.1) is 11.2 Å². The Hall–Kier alpha value is -0.610. The van der Waals surface area contributed by atoms with Crippen molar-refractivity contribution in [2.24, 2.45) is 11.7 Å². The van der Waals surface area contributed by atoms with Gasteiger partial charge in [-0.25, -0.2) is 4.98 Å². The molecule has 1 aliphatic heterocycles. The minimum absolute atomic E-state index is 0.00194. The fourth-order valence-electron chi connectivity index (χ4n) is 1.77. The Kier molecular flexibility index (Phi) is 2.73. The highest BCUT2D eigenvalue weighted by Gasteiger charge is 2.42. The summed E-state index contributed by atoms with van der Waals surface area (Å²) in [6.45, 7) is 8.41. The second-order valence-electron chi connectivity index (χ2n) is 4.72. The molecule has 0 radical (unpaired) electrons. The maximum Gasteiger partial charge on any atom is 0.185 e. The lowest BCUT2D eigenvalue weighted by atomic mass is 9.81. The van der Waals surface area contributed by atoms with Gasteiger partial charge in [-0.3, -0.25) is 0 Å². The van der Waals surface area contributed by atoms with Gasteiger partial charge < -0.3 is 10.6 Å². The van der Waals surface area contributed by atoms with Gasteiger partial charge >= 0.3 is 0 Å². The molecule has 0 aromatic carbocycles. The summed E-state index contributed by atoms with van der Waals surface area (Å²) in [6.07, 6.45) is 1.02. The van der Waals surface area contributed by atoms with Gasteiger partial charge in [-0.1, -0.05) is 20.8 Å². The van der Waals surface area contributed by atoms with E-state index in [0.29, 0.717) is 5.92 Å². The smallest absolute Gasteiger partial charge is 0.185 e. The molecule has 4 heteroatoms. The van der Waals surface area contributed by atoms with Crippen LogP contribution >= 0.6 is 11.3 Å². The van der Waals surface area contributed by atoms with E-state index in [-0.39, 0.29) is 5.54 Å². The number of aromatic nitrogens is 1. The Labute approximate surface area is 95.3 Å². The standard InChI is InChI=1S/C11H19N3S/c1-4-9-5-15-10(13-9)14-6-11(12,7-14)8(2)3/h5,8H,4,6-7,12H2,1-3H3. The van der Waals surface area contributed by atoms with Crippen LogP contribution in [0.2, 0.25) is 0 Å². The first-order valence-electron chi connectivity index (χ1n) is 5.53. The molecule has 0 aliphatic carbocycles. The summed E-state index contributed by atoms with van der Waals surface area (Å²) >= 11 is 1.73. The van der Waals surface area contributed by atoms with E-state index in [4.69, 9.17) is 5.73 Å². The summed E-state index contributed by atoms with van der Waals surface area (Å²) < 4.78 is 0. The second-order valence-corrected chi connectivity index (χ2v) is 5.56. The molecule has 0 bridgehead atoms. The van der Waals surface area contributed by atoms with Crippen LogP contribution in [0.1, 0.15) is 26.5 Å². The quantitative estimate of drug-likeness (QED) is 0.854. The SMILES string of the molecule is CCc1csc(N2CC(N)(C(C)C)C2)n1. The average molecular weight is 225 g/mol. The molecule has 0 amide bonds. The Morgan fingerprint density at radius 3 is 2.73 bits per heavy atom. The minimum Gasteiger partial charge on any atom is -0.344 e. The van der Waals surface area contributed by atoms with Gasteiger partial charge in [0, 0.05) is 18.5 Å². The van der Waals surface area contributed by atoms with Gasteiger partial charge in [0.25, 0.3) is 0 Å². The van der Waals surface area contributed by atoms with E-state index in [1.54, 1.807) is 11.3 Å². The number of hydrogen-bond donors (Lipinski definition) is 1. The average Bonchev–Trinajstić information content (AvgIpc) is 2.60. The van der Waals surface area contributed by atoms with Crippen LogP contribution in [0, 0.1) is 5.92 Å². The van der Waals surface area contributed by atoms with Gasteiger partial charge in [-0.05, 0) is 12.3 Å². The van der Waals surface area contributed by atoms with Gasteiger partial charge in [0.1, 0.15) is 0 Å². The summed E-state index contributed by atoms with van der Waals surface area (Å²) in [4.78, 5) is 6.85. The molecule has 3 nitrogen and oxygen atoms in total. The maximum atomic E-state index is 6.25. The lowest BCUT2D eigenvalue weighted by Gasteiger charge is -2.50. The molecular weight excluding hydrogens is 206 g/mol. The molecule has 0 spiro atoms. The van der Waals surface area contributed by atoms with Crippen molar-refractivity contribution in [2.75, 3.05) is 18.0 Å². The third kappa shape index (κ3) is 1.88. The Balaban J connectivity index is 1.99. The molecule has 2 N–H and O–H groups in total. The molecule has 84 valence electrons. The number of anilines is 1. The van der Waals surface area contributed by atoms with Crippen LogP contribution in [0.3, 0.4) is 0 Å². The van der Waals surface area contributed by atoms with E-state index in [9.17, 15) is 0 Å². The van der Waals surface area contributed by atoms with Crippen molar-refractivity contribution in [2.45, 2.75) is 32.7 Å². The number of nitrogens with zero attached hydrogens (tertiary/aromatic N) is 2. The zero-order valence-electron chi connectivity index (χ0n) is 9.66. The van der Waals surface area contributed by atoms with E-state index in [0.717, 1.165) is 24.6 Å². The lowest BCUT2D eigenvalue weighted by molar-refractivity contribution is 0.245. The molecule has 1 fully saturated rings. The van der Waals surface area contributed by atoms with E-state index in [1.807, 2.05) is 0 Å². The van der Waals surface area contributed by atoms with Crippen LogP contribution in [0.25, 0.3) is 0 Å². The highest BCUT2D eigenvalue weighted by molar-refractivity contribution is 7.13.